The molecule has 2 aromatic rings. The zero-order valence-corrected chi connectivity index (χ0v) is 17.2. The quantitative estimate of drug-likeness (QED) is 0.451. The van der Waals surface area contributed by atoms with Crippen molar-refractivity contribution >= 4 is 55.9 Å². The van der Waals surface area contributed by atoms with Crippen molar-refractivity contribution in [1.29, 1.82) is 0 Å². The Balaban J connectivity index is 2.08. The molecule has 1 aliphatic carbocycles. The first-order chi connectivity index (χ1) is 12.4. The highest BCUT2D eigenvalue weighted by Gasteiger charge is 2.35. The second kappa shape index (κ2) is 6.69. The molecule has 1 heterocycles. The van der Waals surface area contributed by atoms with Crippen LogP contribution in [0.1, 0.15) is 22.8 Å². The summed E-state index contributed by atoms with van der Waals surface area (Å²) in [5, 5.41) is 2.03. The zero-order chi connectivity index (χ0) is 18.6. The molecule has 2 atom stereocenters. The van der Waals surface area contributed by atoms with Crippen molar-refractivity contribution in [2.45, 2.75) is 23.6 Å². The summed E-state index contributed by atoms with van der Waals surface area (Å²) in [6, 6.07) is 11.6. The summed E-state index contributed by atoms with van der Waals surface area (Å²) >= 11 is 18.9. The fraction of sp³-hybridized carbons (Fsp3) is 0.143. The predicted octanol–water partition coefficient (Wildman–Crippen LogP) is 7.06. The molecule has 2 unspecified atom stereocenters. The maximum Gasteiger partial charge on any atom is 0.175 e. The van der Waals surface area contributed by atoms with Gasteiger partial charge in [-0.2, -0.15) is 0 Å². The van der Waals surface area contributed by atoms with Crippen LogP contribution in [-0.4, -0.2) is 10.6 Å². The molecule has 0 spiro atoms. The van der Waals surface area contributed by atoms with Crippen LogP contribution in [-0.2, 0) is 0 Å². The molecular weight excluding hydrogens is 407 g/mol. The maximum atomic E-state index is 13.2. The molecule has 4 rings (SSSR count). The van der Waals surface area contributed by atoms with Gasteiger partial charge in [-0.1, -0.05) is 40.9 Å². The minimum absolute atomic E-state index is 0.104. The minimum atomic E-state index is -0.435. The van der Waals surface area contributed by atoms with E-state index < -0.39 is 10.5 Å². The molecule has 0 amide bonds. The van der Waals surface area contributed by atoms with Gasteiger partial charge in [0.25, 0.3) is 0 Å². The van der Waals surface area contributed by atoms with E-state index in [0.29, 0.717) is 15.1 Å². The molecule has 2 aromatic carbocycles. The number of aryl methyl sites for hydroxylation is 1. The van der Waals surface area contributed by atoms with E-state index in [1.807, 2.05) is 62.4 Å². The Hall–Kier alpha value is -1.32. The van der Waals surface area contributed by atoms with Crippen molar-refractivity contribution in [3.05, 3.63) is 80.3 Å². The lowest BCUT2D eigenvalue weighted by Crippen LogP contribution is -2.28. The van der Waals surface area contributed by atoms with E-state index in [4.69, 9.17) is 34.8 Å². The predicted molar refractivity (Wildman–Crippen MR) is 112 cm³/mol. The fourth-order valence-electron chi connectivity index (χ4n) is 3.28. The first-order valence-corrected chi connectivity index (χ1v) is 10.5. The van der Waals surface area contributed by atoms with Crippen molar-refractivity contribution in [1.82, 2.24) is 0 Å². The zero-order valence-electron chi connectivity index (χ0n) is 14.1. The molecule has 0 saturated carbocycles. The van der Waals surface area contributed by atoms with E-state index in [1.54, 1.807) is 0 Å². The number of halogens is 3. The van der Waals surface area contributed by atoms with E-state index in [2.05, 4.69) is 0 Å². The normalized spacial score (nSPS) is 21.7. The maximum absolute atomic E-state index is 13.2. The average Bonchev–Trinajstić information content (AvgIpc) is 2.61. The Kier molecular flexibility index (Phi) is 4.65. The summed E-state index contributed by atoms with van der Waals surface area (Å²) in [6.45, 7) is 3.86. The van der Waals surface area contributed by atoms with Crippen LogP contribution < -0.4 is 0 Å². The van der Waals surface area contributed by atoms with Gasteiger partial charge in [0.05, 0.1) is 5.92 Å². The first kappa shape index (κ1) is 18.1. The van der Waals surface area contributed by atoms with Crippen LogP contribution in [0.25, 0.3) is 0 Å². The van der Waals surface area contributed by atoms with Gasteiger partial charge < -0.3 is 0 Å². The number of carbonyl (C=O) groups is 1. The standard InChI is InChI=1S/C21H15Cl3OS/c1-11-7-15-19(9-17(11)23)26(14-5-3-13(22)4-6-14)20-10-18(24)12(2)8-16(20)21(15)25/h3-10,15H,1-2H3. The number of benzene rings is 2. The number of allylic oxidation sites excluding steroid dienone is 4. The number of Topliss-reactive ketones (excluding diaryl/α,β-unsaturated/α-hetero) is 1. The summed E-state index contributed by atoms with van der Waals surface area (Å²) in [5.74, 6) is -0.183. The highest BCUT2D eigenvalue weighted by molar-refractivity contribution is 8.16. The number of hydrogen-bond acceptors (Lipinski definition) is 1. The van der Waals surface area contributed by atoms with Crippen LogP contribution in [0.3, 0.4) is 0 Å². The number of fused-ring (bicyclic) bond motifs is 2. The molecule has 0 N–H and O–H groups in total. The molecule has 26 heavy (non-hydrogen) atoms. The molecule has 0 aromatic heterocycles. The summed E-state index contributed by atoms with van der Waals surface area (Å²) < 4.78 is 0. The number of hydrogen-bond donors (Lipinski definition) is 0. The van der Waals surface area contributed by atoms with Gasteiger partial charge >= 0.3 is 0 Å². The third-order valence-corrected chi connectivity index (χ3v) is 8.11. The van der Waals surface area contributed by atoms with Crippen molar-refractivity contribution in [3.8, 4) is 0 Å². The minimum Gasteiger partial charge on any atom is -0.293 e. The van der Waals surface area contributed by atoms with E-state index in [9.17, 15) is 4.79 Å². The van der Waals surface area contributed by atoms with Crippen molar-refractivity contribution in [2.75, 3.05) is 0 Å². The molecule has 0 fully saturated rings. The van der Waals surface area contributed by atoms with Gasteiger partial charge in [0.1, 0.15) is 0 Å². The lowest BCUT2D eigenvalue weighted by atomic mass is 9.88. The van der Waals surface area contributed by atoms with Gasteiger partial charge in [-0.25, -0.2) is 0 Å². The van der Waals surface area contributed by atoms with E-state index in [1.165, 1.54) is 0 Å². The van der Waals surface area contributed by atoms with E-state index in [0.717, 1.165) is 31.4 Å². The highest BCUT2D eigenvalue weighted by atomic mass is 35.5. The Bertz CT molecular complexity index is 1050. The Labute approximate surface area is 170 Å². The van der Waals surface area contributed by atoms with Crippen molar-refractivity contribution in [3.63, 3.8) is 0 Å². The van der Waals surface area contributed by atoms with E-state index in [-0.39, 0.29) is 11.7 Å². The van der Waals surface area contributed by atoms with Crippen LogP contribution in [0.2, 0.25) is 10.0 Å². The monoisotopic (exact) mass is 420 g/mol. The highest BCUT2D eigenvalue weighted by Crippen LogP contribution is 2.48. The Morgan fingerprint density at radius 3 is 2.38 bits per heavy atom. The van der Waals surface area contributed by atoms with Crippen LogP contribution in [0.4, 0.5) is 0 Å². The Morgan fingerprint density at radius 1 is 1.00 bits per heavy atom. The largest absolute Gasteiger partial charge is 0.293 e. The fourth-order valence-corrected chi connectivity index (χ4v) is 6.35. The topological polar surface area (TPSA) is 17.1 Å². The molecular formula is C21H15Cl3OS. The third kappa shape index (κ3) is 2.90. The van der Waals surface area contributed by atoms with Gasteiger partial charge in [-0.3, -0.25) is 4.79 Å². The summed E-state index contributed by atoms with van der Waals surface area (Å²) in [6.07, 6.45) is 3.93. The lowest BCUT2D eigenvalue weighted by molar-refractivity contribution is 0.0969. The van der Waals surface area contributed by atoms with Crippen LogP contribution >= 0.6 is 45.3 Å². The molecule has 0 saturated heterocycles. The average molecular weight is 422 g/mol. The lowest BCUT2D eigenvalue weighted by Gasteiger charge is -2.31. The van der Waals surface area contributed by atoms with Crippen LogP contribution in [0, 0.1) is 12.8 Å². The van der Waals surface area contributed by atoms with Gasteiger partial charge in [0.15, 0.2) is 5.78 Å². The molecule has 132 valence electrons. The van der Waals surface area contributed by atoms with Gasteiger partial charge in [-0.05, 0) is 67.5 Å². The van der Waals surface area contributed by atoms with Gasteiger partial charge in [0, 0.05) is 35.3 Å². The molecule has 1 nitrogen and oxygen atoms in total. The first-order valence-electron chi connectivity index (χ1n) is 8.14. The summed E-state index contributed by atoms with van der Waals surface area (Å²) in [4.78, 5) is 16.3. The molecule has 0 bridgehead atoms. The Morgan fingerprint density at radius 2 is 1.69 bits per heavy atom. The van der Waals surface area contributed by atoms with Crippen molar-refractivity contribution in [2.24, 2.45) is 5.92 Å². The number of carbonyl (C=O) groups excluding carboxylic acids is 1. The van der Waals surface area contributed by atoms with E-state index >= 15 is 0 Å². The SMILES string of the molecule is CC1=CC2C(=O)c3cc(C)c(Cl)cc3S(c3ccc(Cl)cc3)=C2C=C1Cl. The van der Waals surface area contributed by atoms with Crippen molar-refractivity contribution < 1.29 is 4.79 Å². The summed E-state index contributed by atoms with van der Waals surface area (Å²) in [5.41, 5.74) is 2.59. The molecule has 2 aliphatic rings. The van der Waals surface area contributed by atoms with Gasteiger partial charge in [0.2, 0.25) is 0 Å². The van der Waals surface area contributed by atoms with Crippen LogP contribution in [0.15, 0.2) is 68.9 Å². The number of rotatable bonds is 1. The second-order valence-corrected chi connectivity index (χ2v) is 9.69. The number of ketones is 1. The molecule has 5 heteroatoms. The molecule has 1 aliphatic heterocycles. The molecule has 0 radical (unpaired) electrons. The van der Waals surface area contributed by atoms with Gasteiger partial charge in [-0.15, -0.1) is 10.5 Å². The smallest absolute Gasteiger partial charge is 0.175 e. The third-order valence-electron chi connectivity index (χ3n) is 4.68. The summed E-state index contributed by atoms with van der Waals surface area (Å²) in [7, 11) is -0.435. The second-order valence-electron chi connectivity index (χ2n) is 6.44. The van der Waals surface area contributed by atoms with Crippen LogP contribution in [0.5, 0.6) is 0 Å².